The molecule has 9 nitrogen and oxygen atoms in total. The maximum atomic E-state index is 12.2. The van der Waals surface area contributed by atoms with Gasteiger partial charge in [0.2, 0.25) is 0 Å². The largest absolute Gasteiger partial charge is 0.444 e. The van der Waals surface area contributed by atoms with E-state index in [1.807, 2.05) is 0 Å². The van der Waals surface area contributed by atoms with Gasteiger partial charge in [0.1, 0.15) is 11.2 Å². The molecule has 25 heavy (non-hydrogen) atoms. The lowest BCUT2D eigenvalue weighted by Crippen LogP contribution is -2.48. The first-order chi connectivity index (χ1) is 11.2. The number of carbonyl (C=O) groups excluding carboxylic acids is 2. The van der Waals surface area contributed by atoms with Gasteiger partial charge in [-0.2, -0.15) is 0 Å². The van der Waals surface area contributed by atoms with E-state index in [9.17, 15) is 19.8 Å². The van der Waals surface area contributed by atoms with Crippen molar-refractivity contribution in [2.75, 3.05) is 26.2 Å². The quantitative estimate of drug-likeness (QED) is 0.515. The third-order valence-corrected chi connectivity index (χ3v) is 2.67. The van der Waals surface area contributed by atoms with Crippen LogP contribution in [0.2, 0.25) is 0 Å². The van der Waals surface area contributed by atoms with Crippen molar-refractivity contribution < 1.29 is 29.3 Å². The van der Waals surface area contributed by atoms with E-state index < -0.39 is 35.6 Å². The van der Waals surface area contributed by atoms with Gasteiger partial charge in [0.15, 0.2) is 0 Å². The standard InChI is InChI=1S/C16H33N3O6/c1-15(2,3)24-13(22)18-8-12(21)10-19(9-11(20)7-17)14(23)25-16(4,5)6/h11-12,20-21H,7-10,17H2,1-6H3,(H,18,22)/t11-,12+/m0/s1. The number of aliphatic hydroxyl groups excluding tert-OH is 2. The van der Waals surface area contributed by atoms with Gasteiger partial charge in [-0.1, -0.05) is 0 Å². The smallest absolute Gasteiger partial charge is 0.410 e. The van der Waals surface area contributed by atoms with E-state index >= 15 is 0 Å². The zero-order valence-electron chi connectivity index (χ0n) is 16.0. The van der Waals surface area contributed by atoms with Gasteiger partial charge in [-0.3, -0.25) is 0 Å². The molecule has 5 N–H and O–H groups in total. The van der Waals surface area contributed by atoms with Crippen LogP contribution in [0.5, 0.6) is 0 Å². The summed E-state index contributed by atoms with van der Waals surface area (Å²) in [6.45, 7) is 9.92. The molecule has 0 saturated carbocycles. The van der Waals surface area contributed by atoms with Crippen molar-refractivity contribution in [1.82, 2.24) is 10.2 Å². The van der Waals surface area contributed by atoms with Crippen LogP contribution in [0.4, 0.5) is 9.59 Å². The second-order valence-electron chi connectivity index (χ2n) is 7.81. The number of nitrogens with two attached hydrogens (primary N) is 1. The molecule has 0 heterocycles. The molecule has 0 rings (SSSR count). The molecule has 0 radical (unpaired) electrons. The first-order valence-corrected chi connectivity index (χ1v) is 8.24. The van der Waals surface area contributed by atoms with Crippen molar-refractivity contribution in [3.8, 4) is 0 Å². The second kappa shape index (κ2) is 9.79. The number of nitrogens with zero attached hydrogens (tertiary/aromatic N) is 1. The van der Waals surface area contributed by atoms with Crippen LogP contribution in [0, 0.1) is 0 Å². The highest BCUT2D eigenvalue weighted by molar-refractivity contribution is 5.68. The van der Waals surface area contributed by atoms with Crippen molar-refractivity contribution in [1.29, 1.82) is 0 Å². The van der Waals surface area contributed by atoms with E-state index in [0.717, 1.165) is 4.90 Å². The molecule has 2 amide bonds. The van der Waals surface area contributed by atoms with E-state index in [-0.39, 0.29) is 26.2 Å². The normalized spacial score (nSPS) is 14.4. The number of rotatable bonds is 7. The number of carbonyl (C=O) groups is 2. The average molecular weight is 363 g/mol. The lowest BCUT2D eigenvalue weighted by molar-refractivity contribution is 0.00362. The van der Waals surface area contributed by atoms with Gasteiger partial charge in [0.25, 0.3) is 0 Å². The fourth-order valence-electron chi connectivity index (χ4n) is 1.71. The highest BCUT2D eigenvalue weighted by Crippen LogP contribution is 2.11. The Balaban J connectivity index is 4.67. The molecule has 0 unspecified atom stereocenters. The van der Waals surface area contributed by atoms with E-state index in [0.29, 0.717) is 0 Å². The summed E-state index contributed by atoms with van der Waals surface area (Å²) in [5.74, 6) is 0. The van der Waals surface area contributed by atoms with Crippen molar-refractivity contribution >= 4 is 12.2 Å². The van der Waals surface area contributed by atoms with Crippen LogP contribution < -0.4 is 11.1 Å². The van der Waals surface area contributed by atoms with Crippen LogP contribution >= 0.6 is 0 Å². The maximum absolute atomic E-state index is 12.2. The fourth-order valence-corrected chi connectivity index (χ4v) is 1.71. The van der Waals surface area contributed by atoms with Gasteiger partial charge in [0.05, 0.1) is 25.3 Å². The topological polar surface area (TPSA) is 134 Å². The van der Waals surface area contributed by atoms with Crippen molar-refractivity contribution in [3.63, 3.8) is 0 Å². The summed E-state index contributed by atoms with van der Waals surface area (Å²) in [7, 11) is 0. The molecule has 148 valence electrons. The summed E-state index contributed by atoms with van der Waals surface area (Å²) in [6.07, 6.45) is -3.36. The Kier molecular flexibility index (Phi) is 9.17. The highest BCUT2D eigenvalue weighted by Gasteiger charge is 2.26. The minimum atomic E-state index is -1.06. The summed E-state index contributed by atoms with van der Waals surface area (Å²) >= 11 is 0. The molecule has 0 aliphatic carbocycles. The molecule has 0 bridgehead atoms. The monoisotopic (exact) mass is 363 g/mol. The van der Waals surface area contributed by atoms with E-state index in [4.69, 9.17) is 15.2 Å². The molecule has 0 aliphatic heterocycles. The minimum Gasteiger partial charge on any atom is -0.444 e. The second-order valence-corrected chi connectivity index (χ2v) is 7.81. The number of hydrogen-bond acceptors (Lipinski definition) is 7. The van der Waals surface area contributed by atoms with Gasteiger partial charge < -0.3 is 35.6 Å². The molecule has 0 aromatic carbocycles. The van der Waals surface area contributed by atoms with Gasteiger partial charge in [-0.15, -0.1) is 0 Å². The Morgan fingerprint density at radius 3 is 1.92 bits per heavy atom. The molecule has 0 fully saturated rings. The van der Waals surface area contributed by atoms with Crippen LogP contribution in [-0.4, -0.2) is 76.9 Å². The number of hydrogen-bond donors (Lipinski definition) is 4. The van der Waals surface area contributed by atoms with Gasteiger partial charge in [-0.25, -0.2) is 9.59 Å². The molecule has 0 aromatic heterocycles. The molecular formula is C16H33N3O6. The third kappa shape index (κ3) is 12.4. The lowest BCUT2D eigenvalue weighted by atomic mass is 10.2. The van der Waals surface area contributed by atoms with Crippen LogP contribution in [-0.2, 0) is 9.47 Å². The van der Waals surface area contributed by atoms with Crippen LogP contribution in [0.15, 0.2) is 0 Å². The molecular weight excluding hydrogens is 330 g/mol. The number of nitrogens with one attached hydrogen (secondary N) is 1. The van der Waals surface area contributed by atoms with E-state index in [1.54, 1.807) is 41.5 Å². The molecule has 2 atom stereocenters. The Labute approximate surface area is 149 Å². The van der Waals surface area contributed by atoms with Crippen molar-refractivity contribution in [2.24, 2.45) is 5.73 Å². The molecule has 9 heteroatoms. The number of amides is 2. The number of ether oxygens (including phenoxy) is 2. The predicted octanol–water partition coefficient (Wildman–Crippen LogP) is 0.429. The Hall–Kier alpha value is -1.58. The lowest BCUT2D eigenvalue weighted by Gasteiger charge is -2.30. The Morgan fingerprint density at radius 2 is 1.48 bits per heavy atom. The van der Waals surface area contributed by atoms with Crippen LogP contribution in [0.1, 0.15) is 41.5 Å². The number of aliphatic hydroxyl groups is 2. The molecule has 0 saturated heterocycles. The van der Waals surface area contributed by atoms with E-state index in [1.165, 1.54) is 0 Å². The van der Waals surface area contributed by atoms with Crippen LogP contribution in [0.3, 0.4) is 0 Å². The fraction of sp³-hybridized carbons (Fsp3) is 0.875. The minimum absolute atomic E-state index is 0.0362. The predicted molar refractivity (Wildman–Crippen MR) is 93.1 cm³/mol. The first kappa shape index (κ1) is 23.4. The van der Waals surface area contributed by atoms with Gasteiger partial charge >= 0.3 is 12.2 Å². The summed E-state index contributed by atoms with van der Waals surface area (Å²) in [5, 5.41) is 22.2. The Bertz CT molecular complexity index is 431. The Morgan fingerprint density at radius 1 is 1.00 bits per heavy atom. The van der Waals surface area contributed by atoms with Crippen molar-refractivity contribution in [3.05, 3.63) is 0 Å². The first-order valence-electron chi connectivity index (χ1n) is 8.24. The zero-order chi connectivity index (χ0) is 19.8. The van der Waals surface area contributed by atoms with Gasteiger partial charge in [-0.05, 0) is 41.5 Å². The van der Waals surface area contributed by atoms with Gasteiger partial charge in [0, 0.05) is 13.1 Å². The number of alkyl carbamates (subject to hydrolysis) is 1. The highest BCUT2D eigenvalue weighted by atomic mass is 16.6. The summed E-state index contributed by atoms with van der Waals surface area (Å²) in [5.41, 5.74) is 4.00. The zero-order valence-corrected chi connectivity index (χ0v) is 16.0. The average Bonchev–Trinajstić information content (AvgIpc) is 2.40. The summed E-state index contributed by atoms with van der Waals surface area (Å²) in [4.78, 5) is 24.9. The summed E-state index contributed by atoms with van der Waals surface area (Å²) < 4.78 is 10.3. The molecule has 0 spiro atoms. The van der Waals surface area contributed by atoms with Crippen LogP contribution in [0.25, 0.3) is 0 Å². The van der Waals surface area contributed by atoms with Crippen molar-refractivity contribution in [2.45, 2.75) is 65.0 Å². The maximum Gasteiger partial charge on any atom is 0.410 e. The summed E-state index contributed by atoms with van der Waals surface area (Å²) in [6, 6.07) is 0. The molecule has 0 aliphatic rings. The molecule has 0 aromatic rings. The van der Waals surface area contributed by atoms with E-state index in [2.05, 4.69) is 5.32 Å². The SMILES string of the molecule is CC(C)(C)OC(=O)NC[C@@H](O)CN(C[C@@H](O)CN)C(=O)OC(C)(C)C. The third-order valence-electron chi connectivity index (χ3n) is 2.67.